The lowest BCUT2D eigenvalue weighted by atomic mass is 9.66. The minimum absolute atomic E-state index is 0.0189. The molecule has 1 fully saturated rings. The van der Waals surface area contributed by atoms with E-state index in [0.717, 1.165) is 36.9 Å². The van der Waals surface area contributed by atoms with Crippen LogP contribution in [0.25, 0.3) is 0 Å². The van der Waals surface area contributed by atoms with E-state index >= 15 is 0 Å². The van der Waals surface area contributed by atoms with Crippen molar-refractivity contribution in [3.05, 3.63) is 82.4 Å². The highest BCUT2D eigenvalue weighted by molar-refractivity contribution is 6.30. The standard InChI is InChI=1S/C30H39Cl2NO2/c1-6-17-30(7-2,33-18-9-10-21(3)28(33)34)20-26(23-11-8-12-25(32)19-23)27(29(4,5)35)22-13-15-24(31)16-14-22/h6,8,11-16,19,21,26-27,35H,1,7,9-10,17-18,20H2,2-5H3/t21?,26-,27+,30-/m0/s1. The summed E-state index contributed by atoms with van der Waals surface area (Å²) in [5.74, 6) is -0.104. The van der Waals surface area contributed by atoms with E-state index in [-0.39, 0.29) is 23.7 Å². The van der Waals surface area contributed by atoms with Crippen LogP contribution in [-0.2, 0) is 4.79 Å². The zero-order valence-corrected chi connectivity index (χ0v) is 22.9. The van der Waals surface area contributed by atoms with Gasteiger partial charge in [0.25, 0.3) is 0 Å². The maximum atomic E-state index is 13.5. The van der Waals surface area contributed by atoms with Crippen molar-refractivity contribution in [1.82, 2.24) is 4.90 Å². The summed E-state index contributed by atoms with van der Waals surface area (Å²) in [5, 5.41) is 12.9. The average molecular weight is 517 g/mol. The molecule has 1 aliphatic heterocycles. The van der Waals surface area contributed by atoms with Crippen molar-refractivity contribution in [1.29, 1.82) is 0 Å². The lowest BCUT2D eigenvalue weighted by molar-refractivity contribution is -0.146. The number of piperidine rings is 1. The van der Waals surface area contributed by atoms with Crippen molar-refractivity contribution in [2.45, 2.75) is 82.8 Å². The van der Waals surface area contributed by atoms with E-state index < -0.39 is 11.1 Å². The molecule has 0 bridgehead atoms. The summed E-state index contributed by atoms with van der Waals surface area (Å²) in [6.07, 6.45) is 6.04. The number of benzene rings is 2. The van der Waals surface area contributed by atoms with Crippen LogP contribution in [-0.4, -0.2) is 33.6 Å². The molecular weight excluding hydrogens is 477 g/mol. The number of amides is 1. The molecule has 1 unspecified atom stereocenters. The maximum absolute atomic E-state index is 13.5. The zero-order valence-electron chi connectivity index (χ0n) is 21.4. The highest BCUT2D eigenvalue weighted by atomic mass is 35.5. The van der Waals surface area contributed by atoms with Crippen LogP contribution in [0.4, 0.5) is 0 Å². The van der Waals surface area contributed by atoms with Gasteiger partial charge < -0.3 is 10.0 Å². The summed E-state index contributed by atoms with van der Waals surface area (Å²) in [5.41, 5.74) is 0.622. The number of halogens is 2. The van der Waals surface area contributed by atoms with Crippen molar-refractivity contribution in [3.63, 3.8) is 0 Å². The van der Waals surface area contributed by atoms with Gasteiger partial charge in [0, 0.05) is 34.0 Å². The van der Waals surface area contributed by atoms with Gasteiger partial charge in [0.2, 0.25) is 5.91 Å². The Balaban J connectivity index is 2.19. The van der Waals surface area contributed by atoms with Gasteiger partial charge in [-0.2, -0.15) is 0 Å². The highest BCUT2D eigenvalue weighted by Gasteiger charge is 2.46. The van der Waals surface area contributed by atoms with Gasteiger partial charge >= 0.3 is 0 Å². The Kier molecular flexibility index (Phi) is 9.12. The second-order valence-corrected chi connectivity index (χ2v) is 11.5. The second kappa shape index (κ2) is 11.5. The smallest absolute Gasteiger partial charge is 0.225 e. The number of nitrogens with zero attached hydrogens (tertiary/aromatic N) is 1. The fourth-order valence-electron chi connectivity index (χ4n) is 5.96. The normalized spacial score (nSPS) is 20.3. The summed E-state index contributed by atoms with van der Waals surface area (Å²) in [7, 11) is 0. The van der Waals surface area contributed by atoms with Gasteiger partial charge in [-0.15, -0.1) is 6.58 Å². The average Bonchev–Trinajstić information content (AvgIpc) is 2.80. The van der Waals surface area contributed by atoms with Crippen molar-refractivity contribution >= 4 is 29.1 Å². The summed E-state index contributed by atoms with van der Waals surface area (Å²) in [6.45, 7) is 12.7. The third kappa shape index (κ3) is 6.31. The molecule has 3 nitrogen and oxygen atoms in total. The summed E-state index contributed by atoms with van der Waals surface area (Å²) >= 11 is 12.7. The molecule has 4 atom stereocenters. The summed E-state index contributed by atoms with van der Waals surface area (Å²) in [6, 6.07) is 15.7. The quantitative estimate of drug-likeness (QED) is 0.325. The number of carbonyl (C=O) groups is 1. The molecule has 0 spiro atoms. The predicted molar refractivity (Wildman–Crippen MR) is 147 cm³/mol. The molecule has 0 aliphatic carbocycles. The van der Waals surface area contributed by atoms with Crippen LogP contribution in [0.5, 0.6) is 0 Å². The lowest BCUT2D eigenvalue weighted by Gasteiger charge is -2.50. The van der Waals surface area contributed by atoms with Crippen molar-refractivity contribution in [2.75, 3.05) is 6.54 Å². The van der Waals surface area contributed by atoms with Crippen LogP contribution >= 0.6 is 23.2 Å². The Hall–Kier alpha value is -1.81. The lowest BCUT2D eigenvalue weighted by Crippen LogP contribution is -2.56. The highest BCUT2D eigenvalue weighted by Crippen LogP contribution is 2.48. The largest absolute Gasteiger partial charge is 0.390 e. The Morgan fingerprint density at radius 1 is 1.14 bits per heavy atom. The molecule has 35 heavy (non-hydrogen) atoms. The van der Waals surface area contributed by atoms with E-state index in [9.17, 15) is 9.90 Å². The zero-order chi connectivity index (χ0) is 25.8. The van der Waals surface area contributed by atoms with Gasteiger partial charge in [-0.1, -0.05) is 67.4 Å². The van der Waals surface area contributed by atoms with E-state index in [2.05, 4.69) is 24.5 Å². The predicted octanol–water partition coefficient (Wildman–Crippen LogP) is 8.01. The third-order valence-electron chi connectivity index (χ3n) is 7.73. The molecule has 0 aromatic heterocycles. The minimum atomic E-state index is -1.03. The molecule has 5 heteroatoms. The van der Waals surface area contributed by atoms with E-state index in [0.29, 0.717) is 22.9 Å². The van der Waals surface area contributed by atoms with Crippen LogP contribution in [0.1, 0.15) is 82.8 Å². The Labute approximate surface area is 221 Å². The Morgan fingerprint density at radius 3 is 2.40 bits per heavy atom. The maximum Gasteiger partial charge on any atom is 0.225 e. The molecule has 1 amide bonds. The van der Waals surface area contributed by atoms with Crippen LogP contribution in [0.3, 0.4) is 0 Å². The van der Waals surface area contributed by atoms with Crippen molar-refractivity contribution < 1.29 is 9.90 Å². The number of carbonyl (C=O) groups excluding carboxylic acids is 1. The van der Waals surface area contributed by atoms with Crippen molar-refractivity contribution in [2.24, 2.45) is 5.92 Å². The van der Waals surface area contributed by atoms with Crippen LogP contribution < -0.4 is 0 Å². The molecule has 0 radical (unpaired) electrons. The first-order valence-corrected chi connectivity index (χ1v) is 13.4. The first-order valence-electron chi connectivity index (χ1n) is 12.7. The fraction of sp³-hybridized carbons (Fsp3) is 0.500. The minimum Gasteiger partial charge on any atom is -0.390 e. The van der Waals surface area contributed by atoms with Crippen LogP contribution in [0, 0.1) is 5.92 Å². The van der Waals surface area contributed by atoms with E-state index in [1.54, 1.807) is 0 Å². The van der Waals surface area contributed by atoms with Crippen molar-refractivity contribution in [3.8, 4) is 0 Å². The Bertz CT molecular complexity index is 1010. The number of hydrogen-bond donors (Lipinski definition) is 1. The van der Waals surface area contributed by atoms with E-state index in [1.165, 1.54) is 0 Å². The van der Waals surface area contributed by atoms with Gasteiger partial charge in [-0.25, -0.2) is 0 Å². The van der Waals surface area contributed by atoms with Crippen LogP contribution in [0.2, 0.25) is 10.0 Å². The molecule has 1 heterocycles. The van der Waals surface area contributed by atoms with Gasteiger partial charge in [0.15, 0.2) is 0 Å². The fourth-order valence-corrected chi connectivity index (χ4v) is 6.28. The number of aliphatic hydroxyl groups is 1. The van der Waals surface area contributed by atoms with Gasteiger partial charge in [-0.05, 0) is 87.3 Å². The number of likely N-dealkylation sites (tertiary alicyclic amines) is 1. The summed E-state index contributed by atoms with van der Waals surface area (Å²) < 4.78 is 0. The second-order valence-electron chi connectivity index (χ2n) is 10.7. The van der Waals surface area contributed by atoms with Gasteiger partial charge in [-0.3, -0.25) is 4.79 Å². The molecule has 1 N–H and O–H groups in total. The molecule has 2 aromatic rings. The SMILES string of the molecule is C=CC[C@@](CC)(C[C@@H](c1cccc(Cl)c1)[C@@H](c1ccc(Cl)cc1)C(C)(C)O)N1CCCC(C)C1=O. The van der Waals surface area contributed by atoms with E-state index in [1.807, 2.05) is 69.3 Å². The van der Waals surface area contributed by atoms with Gasteiger partial charge in [0.05, 0.1) is 5.60 Å². The number of rotatable bonds is 10. The Morgan fingerprint density at radius 2 is 1.83 bits per heavy atom. The van der Waals surface area contributed by atoms with Crippen LogP contribution in [0.15, 0.2) is 61.2 Å². The topological polar surface area (TPSA) is 40.5 Å². The molecule has 2 aromatic carbocycles. The molecule has 0 saturated carbocycles. The molecule has 3 rings (SSSR count). The monoisotopic (exact) mass is 515 g/mol. The molecule has 1 aliphatic rings. The first-order chi connectivity index (χ1) is 16.5. The first kappa shape index (κ1) is 27.8. The summed E-state index contributed by atoms with van der Waals surface area (Å²) in [4.78, 5) is 15.6. The number of hydrogen-bond acceptors (Lipinski definition) is 2. The van der Waals surface area contributed by atoms with E-state index in [4.69, 9.17) is 23.2 Å². The molecule has 1 saturated heterocycles. The molecule has 190 valence electrons. The molecular formula is C30H39Cl2NO2. The third-order valence-corrected chi connectivity index (χ3v) is 8.22. The van der Waals surface area contributed by atoms with Gasteiger partial charge in [0.1, 0.15) is 0 Å².